The van der Waals surface area contributed by atoms with Gasteiger partial charge in [-0.1, -0.05) is 127 Å². The smallest absolute Gasteiger partial charge is 0.162 e. The number of hydrogen-bond acceptors (Lipinski definition) is 5. The first-order chi connectivity index (χ1) is 31.2. The first kappa shape index (κ1) is 35.5. The predicted octanol–water partition coefficient (Wildman–Crippen LogP) is 14.5. The fourth-order valence-corrected chi connectivity index (χ4v) is 10.3. The molecule has 6 nitrogen and oxygen atoms in total. The summed E-state index contributed by atoms with van der Waals surface area (Å²) in [6.45, 7) is 0. The van der Waals surface area contributed by atoms with E-state index in [2.05, 4.69) is 179 Å². The zero-order chi connectivity index (χ0) is 41.4. The Morgan fingerprint density at radius 2 is 0.984 bits per heavy atom. The van der Waals surface area contributed by atoms with Crippen molar-refractivity contribution in [3.05, 3.63) is 206 Å². The molecule has 7 heteroatoms. The van der Waals surface area contributed by atoms with Gasteiger partial charge in [-0.2, -0.15) is 0 Å². The molecule has 6 aromatic heterocycles. The number of aromatic nitrogens is 6. The number of benzene rings is 7. The summed E-state index contributed by atoms with van der Waals surface area (Å²) in [5.41, 5.74) is 12.6. The maximum Gasteiger partial charge on any atom is 0.162 e. The number of hydrogen-bond donors (Lipinski definition) is 0. The van der Waals surface area contributed by atoms with E-state index in [0.29, 0.717) is 5.82 Å². The molecule has 7 aromatic carbocycles. The lowest BCUT2D eigenvalue weighted by Gasteiger charge is -2.12. The van der Waals surface area contributed by atoms with Crippen molar-refractivity contribution >= 4 is 75.3 Å². The second-order valence-corrected chi connectivity index (χ2v) is 17.0. The lowest BCUT2D eigenvalue weighted by Crippen LogP contribution is -2.02. The Kier molecular flexibility index (Phi) is 7.98. The number of nitrogens with zero attached hydrogens (tertiary/aromatic N) is 6. The maximum atomic E-state index is 5.31. The quantitative estimate of drug-likeness (QED) is 0.168. The third-order valence-electron chi connectivity index (χ3n) is 12.2. The third-order valence-corrected chi connectivity index (χ3v) is 13.3. The van der Waals surface area contributed by atoms with Crippen LogP contribution in [0.2, 0.25) is 0 Å². The van der Waals surface area contributed by atoms with Gasteiger partial charge >= 0.3 is 0 Å². The molecule has 0 aliphatic carbocycles. The van der Waals surface area contributed by atoms with Crippen LogP contribution in [0.1, 0.15) is 0 Å². The fourth-order valence-electron chi connectivity index (χ4n) is 9.28. The molecule has 0 amide bonds. The predicted molar refractivity (Wildman–Crippen MR) is 261 cm³/mol. The summed E-state index contributed by atoms with van der Waals surface area (Å²) in [5.74, 6) is 2.38. The van der Waals surface area contributed by atoms with Crippen molar-refractivity contribution in [3.8, 4) is 56.7 Å². The van der Waals surface area contributed by atoms with Gasteiger partial charge in [0.15, 0.2) is 5.82 Å². The van der Waals surface area contributed by atoms with E-state index in [9.17, 15) is 0 Å². The van der Waals surface area contributed by atoms with Crippen molar-refractivity contribution in [1.82, 2.24) is 29.1 Å². The van der Waals surface area contributed by atoms with Gasteiger partial charge in [-0.15, -0.1) is 11.3 Å². The highest BCUT2D eigenvalue weighted by atomic mass is 32.1. The zero-order valence-corrected chi connectivity index (χ0v) is 34.5. The van der Waals surface area contributed by atoms with Gasteiger partial charge in [0.1, 0.15) is 11.6 Å². The van der Waals surface area contributed by atoms with Crippen LogP contribution in [0.25, 0.3) is 121 Å². The zero-order valence-electron chi connectivity index (χ0n) is 33.7. The van der Waals surface area contributed by atoms with Gasteiger partial charge in [0.05, 0.1) is 43.7 Å². The Hall–Kier alpha value is -8.26. The molecule has 0 bridgehead atoms. The van der Waals surface area contributed by atoms with E-state index in [1.54, 1.807) is 11.3 Å². The van der Waals surface area contributed by atoms with Crippen molar-refractivity contribution in [2.75, 3.05) is 0 Å². The maximum absolute atomic E-state index is 5.31. The molecule has 63 heavy (non-hydrogen) atoms. The number of para-hydroxylation sites is 2. The number of rotatable bonds is 6. The topological polar surface area (TPSA) is 61.4 Å². The molecule has 294 valence electrons. The Morgan fingerprint density at radius 1 is 0.333 bits per heavy atom. The van der Waals surface area contributed by atoms with Crippen molar-refractivity contribution < 1.29 is 0 Å². The molecule has 0 fully saturated rings. The van der Waals surface area contributed by atoms with E-state index >= 15 is 0 Å². The Balaban J connectivity index is 0.961. The lowest BCUT2D eigenvalue weighted by atomic mass is 10.0. The molecule has 13 aromatic rings. The molecule has 0 unspecified atom stereocenters. The average Bonchev–Trinajstić information content (AvgIpc) is 4.01. The number of fused-ring (bicyclic) bond motifs is 9. The van der Waals surface area contributed by atoms with E-state index in [1.165, 1.54) is 30.9 Å². The molecule has 6 heterocycles. The second kappa shape index (κ2) is 14.2. The SMILES string of the molecule is c1ccc(-c2cc(-n3c4ccccc4c4ccc(-c5ccc6c(c5)c5ccccc5n6-c5cccc(-c6ccc7sc8cccnc8c7c6)n5)cc43)nc(-c3ccccc3)n2)cc1. The summed E-state index contributed by atoms with van der Waals surface area (Å²) < 4.78 is 7.01. The summed E-state index contributed by atoms with van der Waals surface area (Å²) in [5, 5.41) is 5.85. The average molecular weight is 823 g/mol. The van der Waals surface area contributed by atoms with Crippen molar-refractivity contribution in [2.24, 2.45) is 0 Å². The lowest BCUT2D eigenvalue weighted by molar-refractivity contribution is 1.05. The van der Waals surface area contributed by atoms with Crippen molar-refractivity contribution in [3.63, 3.8) is 0 Å². The highest BCUT2D eigenvalue weighted by Crippen LogP contribution is 2.40. The Bertz CT molecular complexity index is 3860. The van der Waals surface area contributed by atoms with Gasteiger partial charge in [0, 0.05) is 60.6 Å². The Morgan fingerprint density at radius 3 is 1.81 bits per heavy atom. The fraction of sp³-hybridized carbons (Fsp3) is 0. The second-order valence-electron chi connectivity index (χ2n) is 15.9. The van der Waals surface area contributed by atoms with Crippen LogP contribution in [0.4, 0.5) is 0 Å². The molecular weight excluding hydrogens is 789 g/mol. The minimum atomic E-state index is 0.686. The molecule has 0 N–H and O–H groups in total. The van der Waals surface area contributed by atoms with Crippen LogP contribution in [0.3, 0.4) is 0 Å². The van der Waals surface area contributed by atoms with Crippen LogP contribution in [0.15, 0.2) is 206 Å². The molecule has 0 aliphatic heterocycles. The largest absolute Gasteiger partial charge is 0.294 e. The van der Waals surface area contributed by atoms with Crippen LogP contribution < -0.4 is 0 Å². The van der Waals surface area contributed by atoms with Crippen LogP contribution in [0.5, 0.6) is 0 Å². The van der Waals surface area contributed by atoms with E-state index < -0.39 is 0 Å². The monoisotopic (exact) mass is 822 g/mol. The van der Waals surface area contributed by atoms with Gasteiger partial charge < -0.3 is 0 Å². The molecule has 0 saturated carbocycles. The van der Waals surface area contributed by atoms with Crippen molar-refractivity contribution in [2.45, 2.75) is 0 Å². The summed E-state index contributed by atoms with van der Waals surface area (Å²) in [6.07, 6.45) is 1.87. The van der Waals surface area contributed by atoms with Crippen LogP contribution in [0, 0.1) is 0 Å². The van der Waals surface area contributed by atoms with E-state index in [-0.39, 0.29) is 0 Å². The van der Waals surface area contributed by atoms with Gasteiger partial charge in [-0.3, -0.25) is 14.1 Å². The summed E-state index contributed by atoms with van der Waals surface area (Å²) in [7, 11) is 0. The standard InChI is InChI=1S/C56H34N6S/c1-3-13-35(14-4-1)46-34-54(60-56(59-46)36-15-5-2-6-16-36)62-47-20-9-7-17-40(47)42-27-24-38(33-50(42)62)37-25-28-49-43(31-37)41-18-8-10-21-48(41)61(49)53-23-11-19-45(58-53)39-26-29-51-44(32-39)55-52(63-51)22-12-30-57-55/h1-34H. The number of thiophene rings is 1. The summed E-state index contributed by atoms with van der Waals surface area (Å²) in [4.78, 5) is 20.4. The Labute approximate surface area is 365 Å². The molecule has 0 aliphatic rings. The first-order valence-corrected chi connectivity index (χ1v) is 21.9. The normalized spacial score (nSPS) is 11.8. The van der Waals surface area contributed by atoms with Crippen molar-refractivity contribution in [1.29, 1.82) is 0 Å². The van der Waals surface area contributed by atoms with Gasteiger partial charge in [-0.25, -0.2) is 15.0 Å². The molecular formula is C56H34N6S. The van der Waals surface area contributed by atoms with Gasteiger partial charge in [-0.05, 0) is 77.9 Å². The van der Waals surface area contributed by atoms with Gasteiger partial charge in [0.25, 0.3) is 0 Å². The minimum absolute atomic E-state index is 0.686. The molecule has 0 atom stereocenters. The van der Waals surface area contributed by atoms with Crippen LogP contribution in [-0.4, -0.2) is 29.1 Å². The summed E-state index contributed by atoms with van der Waals surface area (Å²) >= 11 is 1.78. The van der Waals surface area contributed by atoms with E-state index in [4.69, 9.17) is 19.9 Å². The number of pyridine rings is 2. The third kappa shape index (κ3) is 5.78. The van der Waals surface area contributed by atoms with E-state index in [0.717, 1.165) is 83.8 Å². The molecule has 0 saturated heterocycles. The summed E-state index contributed by atoms with van der Waals surface area (Å²) in [6, 6.07) is 70.7. The molecule has 0 spiro atoms. The highest BCUT2D eigenvalue weighted by molar-refractivity contribution is 7.25. The van der Waals surface area contributed by atoms with Crippen LogP contribution in [-0.2, 0) is 0 Å². The molecule has 0 radical (unpaired) electrons. The first-order valence-electron chi connectivity index (χ1n) is 21.0. The highest BCUT2D eigenvalue weighted by Gasteiger charge is 2.19. The van der Waals surface area contributed by atoms with E-state index in [1.807, 2.05) is 36.5 Å². The van der Waals surface area contributed by atoms with Crippen LogP contribution >= 0.6 is 11.3 Å². The van der Waals surface area contributed by atoms with Gasteiger partial charge in [0.2, 0.25) is 0 Å². The molecule has 13 rings (SSSR count). The minimum Gasteiger partial charge on any atom is -0.294 e.